The van der Waals surface area contributed by atoms with Crippen molar-refractivity contribution >= 4 is 17.3 Å². The highest BCUT2D eigenvalue weighted by Gasteiger charge is 2.25. The third kappa shape index (κ3) is 2.99. The second-order valence-electron chi connectivity index (χ2n) is 4.41. The number of carbonyl (C=O) groups is 1. The molecule has 0 saturated heterocycles. The highest BCUT2D eigenvalue weighted by Crippen LogP contribution is 2.26. The molecule has 0 radical (unpaired) electrons. The minimum absolute atomic E-state index is 0.0429. The van der Waals surface area contributed by atoms with Crippen molar-refractivity contribution in [2.24, 2.45) is 0 Å². The molecule has 4 N–H and O–H groups in total. The number of nitrogens with zero attached hydrogens (tertiary/aromatic N) is 2. The SMILES string of the molecule is CCC(NC(=O)c1cccc(N)c1[N+](=O)[O-])c1ncc[nH]1. The number of hydrogen-bond donors (Lipinski definition) is 3. The summed E-state index contributed by atoms with van der Waals surface area (Å²) in [6.07, 6.45) is 3.82. The molecule has 8 heteroatoms. The van der Waals surface area contributed by atoms with Gasteiger partial charge in [0, 0.05) is 12.4 Å². The molecule has 1 unspecified atom stereocenters. The van der Waals surface area contributed by atoms with E-state index in [2.05, 4.69) is 15.3 Å². The Bertz CT molecular complexity index is 654. The highest BCUT2D eigenvalue weighted by atomic mass is 16.6. The summed E-state index contributed by atoms with van der Waals surface area (Å²) >= 11 is 0. The van der Waals surface area contributed by atoms with Crippen LogP contribution in [0.3, 0.4) is 0 Å². The van der Waals surface area contributed by atoms with Crippen LogP contribution < -0.4 is 11.1 Å². The van der Waals surface area contributed by atoms with Crippen molar-refractivity contribution in [2.45, 2.75) is 19.4 Å². The first-order valence-electron chi connectivity index (χ1n) is 6.37. The smallest absolute Gasteiger partial charge is 0.304 e. The first-order valence-corrected chi connectivity index (χ1v) is 6.37. The first kappa shape index (κ1) is 14.5. The third-order valence-electron chi connectivity index (χ3n) is 3.06. The lowest BCUT2D eigenvalue weighted by Gasteiger charge is -2.15. The number of aromatic amines is 1. The quantitative estimate of drug-likeness (QED) is 0.439. The van der Waals surface area contributed by atoms with E-state index >= 15 is 0 Å². The number of carbonyl (C=O) groups excluding carboxylic acids is 1. The molecular weight excluding hydrogens is 274 g/mol. The summed E-state index contributed by atoms with van der Waals surface area (Å²) in [7, 11) is 0. The molecule has 2 rings (SSSR count). The standard InChI is InChI=1S/C13H15N5O3/c1-2-10(12-15-6-7-16-12)17-13(19)8-4-3-5-9(14)11(8)18(20)21/h3-7,10H,2,14H2,1H3,(H,15,16)(H,17,19). The molecule has 0 bridgehead atoms. The van der Waals surface area contributed by atoms with Crippen molar-refractivity contribution in [3.8, 4) is 0 Å². The van der Waals surface area contributed by atoms with Gasteiger partial charge in [0.2, 0.25) is 0 Å². The second-order valence-corrected chi connectivity index (χ2v) is 4.41. The molecule has 0 aliphatic heterocycles. The molecule has 21 heavy (non-hydrogen) atoms. The topological polar surface area (TPSA) is 127 Å². The average Bonchev–Trinajstić information content (AvgIpc) is 2.97. The lowest BCUT2D eigenvalue weighted by atomic mass is 10.1. The number of benzene rings is 1. The Kier molecular flexibility index (Phi) is 4.17. The third-order valence-corrected chi connectivity index (χ3v) is 3.06. The van der Waals surface area contributed by atoms with E-state index in [1.165, 1.54) is 18.2 Å². The number of rotatable bonds is 5. The van der Waals surface area contributed by atoms with E-state index in [0.717, 1.165) is 0 Å². The molecule has 2 aromatic rings. The van der Waals surface area contributed by atoms with Gasteiger partial charge in [0.15, 0.2) is 0 Å². The summed E-state index contributed by atoms with van der Waals surface area (Å²) in [6.45, 7) is 1.88. The number of nitro groups is 1. The van der Waals surface area contributed by atoms with E-state index in [4.69, 9.17) is 5.73 Å². The van der Waals surface area contributed by atoms with Crippen LogP contribution >= 0.6 is 0 Å². The van der Waals surface area contributed by atoms with Crippen LogP contribution in [0.15, 0.2) is 30.6 Å². The molecule has 1 atom stereocenters. The molecule has 110 valence electrons. The highest BCUT2D eigenvalue weighted by molar-refractivity contribution is 6.00. The normalized spacial score (nSPS) is 11.9. The van der Waals surface area contributed by atoms with Crippen LogP contribution in [0.2, 0.25) is 0 Å². The summed E-state index contributed by atoms with van der Waals surface area (Å²) in [4.78, 5) is 29.7. The van der Waals surface area contributed by atoms with Crippen LogP contribution in [0, 0.1) is 10.1 Å². The lowest BCUT2D eigenvalue weighted by molar-refractivity contribution is -0.384. The van der Waals surface area contributed by atoms with Gasteiger partial charge in [-0.05, 0) is 18.6 Å². The number of para-hydroxylation sites is 1. The van der Waals surface area contributed by atoms with Crippen LogP contribution in [-0.4, -0.2) is 20.8 Å². The van der Waals surface area contributed by atoms with Crippen LogP contribution in [-0.2, 0) is 0 Å². The Hall–Kier alpha value is -2.90. The zero-order valence-corrected chi connectivity index (χ0v) is 11.4. The average molecular weight is 289 g/mol. The molecule has 0 saturated carbocycles. The molecule has 0 spiro atoms. The van der Waals surface area contributed by atoms with Crippen molar-refractivity contribution in [2.75, 3.05) is 5.73 Å². The van der Waals surface area contributed by atoms with Gasteiger partial charge < -0.3 is 16.0 Å². The number of nitrogen functional groups attached to an aromatic ring is 1. The van der Waals surface area contributed by atoms with Gasteiger partial charge in [-0.15, -0.1) is 0 Å². The molecule has 8 nitrogen and oxygen atoms in total. The van der Waals surface area contributed by atoms with E-state index in [-0.39, 0.29) is 23.0 Å². The Balaban J connectivity index is 2.29. The predicted octanol–water partition coefficient (Wildman–Crippen LogP) is 1.78. The first-order chi connectivity index (χ1) is 10.0. The van der Waals surface area contributed by atoms with Crippen LogP contribution in [0.1, 0.15) is 35.6 Å². The molecule has 1 heterocycles. The monoisotopic (exact) mass is 289 g/mol. The minimum Gasteiger partial charge on any atom is -0.393 e. The predicted molar refractivity (Wildman–Crippen MR) is 76.6 cm³/mol. The van der Waals surface area contributed by atoms with Gasteiger partial charge in [-0.25, -0.2) is 4.98 Å². The van der Waals surface area contributed by atoms with E-state index < -0.39 is 10.8 Å². The fraction of sp³-hybridized carbons (Fsp3) is 0.231. The van der Waals surface area contributed by atoms with Gasteiger partial charge in [-0.3, -0.25) is 14.9 Å². The number of anilines is 1. The van der Waals surface area contributed by atoms with Crippen molar-refractivity contribution < 1.29 is 9.72 Å². The van der Waals surface area contributed by atoms with Gasteiger partial charge >= 0.3 is 5.69 Å². The fourth-order valence-corrected chi connectivity index (χ4v) is 2.02. The van der Waals surface area contributed by atoms with Gasteiger partial charge in [0.1, 0.15) is 17.1 Å². The number of H-pyrrole nitrogens is 1. The van der Waals surface area contributed by atoms with E-state index in [0.29, 0.717) is 12.2 Å². The summed E-state index contributed by atoms with van der Waals surface area (Å²) in [6, 6.07) is 3.91. The van der Waals surface area contributed by atoms with Gasteiger partial charge in [0.05, 0.1) is 11.0 Å². The van der Waals surface area contributed by atoms with E-state index in [1.54, 1.807) is 12.4 Å². The minimum atomic E-state index is -0.655. The summed E-state index contributed by atoms with van der Waals surface area (Å²) in [5, 5.41) is 13.8. The number of nitrogens with one attached hydrogen (secondary N) is 2. The number of nitro benzene ring substituents is 1. The molecule has 0 aliphatic carbocycles. The fourth-order valence-electron chi connectivity index (χ4n) is 2.02. The van der Waals surface area contributed by atoms with Gasteiger partial charge in [-0.2, -0.15) is 0 Å². The van der Waals surface area contributed by atoms with Crippen LogP contribution in [0.5, 0.6) is 0 Å². The van der Waals surface area contributed by atoms with E-state index in [1.807, 2.05) is 6.92 Å². The van der Waals surface area contributed by atoms with Crippen molar-refractivity contribution in [1.82, 2.24) is 15.3 Å². The number of nitrogens with two attached hydrogens (primary N) is 1. The van der Waals surface area contributed by atoms with Crippen molar-refractivity contribution in [1.29, 1.82) is 0 Å². The van der Waals surface area contributed by atoms with Crippen LogP contribution in [0.25, 0.3) is 0 Å². The maximum absolute atomic E-state index is 12.3. The number of imidazole rings is 1. The molecule has 1 aromatic carbocycles. The maximum atomic E-state index is 12.3. The van der Waals surface area contributed by atoms with Crippen molar-refractivity contribution in [3.63, 3.8) is 0 Å². The molecule has 0 fully saturated rings. The van der Waals surface area contributed by atoms with Gasteiger partial charge in [-0.1, -0.05) is 13.0 Å². The molecule has 1 amide bonds. The lowest BCUT2D eigenvalue weighted by Crippen LogP contribution is -2.29. The number of amides is 1. The Labute approximate surface area is 120 Å². The van der Waals surface area contributed by atoms with E-state index in [9.17, 15) is 14.9 Å². The second kappa shape index (κ2) is 6.04. The van der Waals surface area contributed by atoms with Crippen LogP contribution in [0.4, 0.5) is 11.4 Å². The molecule has 1 aromatic heterocycles. The Morgan fingerprint density at radius 3 is 2.90 bits per heavy atom. The Morgan fingerprint density at radius 2 is 2.33 bits per heavy atom. The van der Waals surface area contributed by atoms with Crippen molar-refractivity contribution in [3.05, 3.63) is 52.1 Å². The summed E-state index contributed by atoms with van der Waals surface area (Å²) in [5.74, 6) is 0.0367. The zero-order valence-electron chi connectivity index (χ0n) is 11.4. The summed E-state index contributed by atoms with van der Waals surface area (Å²) < 4.78 is 0. The summed E-state index contributed by atoms with van der Waals surface area (Å²) in [5.41, 5.74) is 5.09. The largest absolute Gasteiger partial charge is 0.393 e. The Morgan fingerprint density at radius 1 is 1.57 bits per heavy atom. The zero-order chi connectivity index (χ0) is 15.4. The molecule has 0 aliphatic rings. The molecular formula is C13H15N5O3. The number of hydrogen-bond acceptors (Lipinski definition) is 5. The van der Waals surface area contributed by atoms with Gasteiger partial charge in [0.25, 0.3) is 5.91 Å². The maximum Gasteiger partial charge on any atom is 0.304 e. The number of aromatic nitrogens is 2.